The molecule has 1 saturated heterocycles. The molecular weight excluding hydrogens is 230 g/mol. The number of hydrogen-bond acceptors (Lipinski definition) is 3. The SMILES string of the molecule is Cc1cc(C)c(=O)n2c1C(=O)NC21CCNCC1. The number of nitrogens with zero attached hydrogens (tertiary/aromatic N) is 1. The minimum Gasteiger partial charge on any atom is -0.327 e. The summed E-state index contributed by atoms with van der Waals surface area (Å²) in [6.45, 7) is 5.33. The number of carbonyl (C=O) groups is 1. The van der Waals surface area contributed by atoms with Crippen LogP contribution in [0.1, 0.15) is 34.5 Å². The number of nitrogens with one attached hydrogen (secondary N) is 2. The maximum Gasteiger partial charge on any atom is 0.270 e. The van der Waals surface area contributed by atoms with Crippen molar-refractivity contribution in [1.29, 1.82) is 0 Å². The molecule has 1 aromatic heterocycles. The second-order valence-electron chi connectivity index (χ2n) is 5.24. The van der Waals surface area contributed by atoms with Crippen LogP contribution in [0.4, 0.5) is 0 Å². The minimum atomic E-state index is -0.508. The summed E-state index contributed by atoms with van der Waals surface area (Å²) >= 11 is 0. The Labute approximate surface area is 105 Å². The molecule has 0 unspecified atom stereocenters. The minimum absolute atomic E-state index is 0.0455. The lowest BCUT2D eigenvalue weighted by Gasteiger charge is -2.35. The fourth-order valence-corrected chi connectivity index (χ4v) is 3.11. The lowest BCUT2D eigenvalue weighted by Crippen LogP contribution is -2.53. The number of rotatable bonds is 0. The first-order valence-corrected chi connectivity index (χ1v) is 6.32. The van der Waals surface area contributed by atoms with Crippen LogP contribution in [-0.2, 0) is 5.66 Å². The third-order valence-electron chi connectivity index (χ3n) is 3.99. The van der Waals surface area contributed by atoms with E-state index < -0.39 is 5.66 Å². The largest absolute Gasteiger partial charge is 0.327 e. The summed E-state index contributed by atoms with van der Waals surface area (Å²) in [5.74, 6) is -0.119. The van der Waals surface area contributed by atoms with Crippen molar-refractivity contribution in [3.8, 4) is 0 Å². The Bertz CT molecular complexity index is 583. The number of pyridine rings is 1. The molecule has 2 aliphatic heterocycles. The van der Waals surface area contributed by atoms with Gasteiger partial charge in [-0.25, -0.2) is 0 Å². The molecule has 0 bridgehead atoms. The van der Waals surface area contributed by atoms with Crippen molar-refractivity contribution in [3.63, 3.8) is 0 Å². The zero-order chi connectivity index (χ0) is 12.9. The summed E-state index contributed by atoms with van der Waals surface area (Å²) in [7, 11) is 0. The zero-order valence-electron chi connectivity index (χ0n) is 10.7. The van der Waals surface area contributed by atoms with Crippen LogP contribution in [0.15, 0.2) is 10.9 Å². The summed E-state index contributed by atoms with van der Waals surface area (Å²) < 4.78 is 1.70. The van der Waals surface area contributed by atoms with Gasteiger partial charge in [0.15, 0.2) is 0 Å². The Morgan fingerprint density at radius 3 is 2.50 bits per heavy atom. The van der Waals surface area contributed by atoms with Crippen molar-refractivity contribution in [1.82, 2.24) is 15.2 Å². The van der Waals surface area contributed by atoms with E-state index in [2.05, 4.69) is 10.6 Å². The van der Waals surface area contributed by atoms with Gasteiger partial charge < -0.3 is 10.6 Å². The van der Waals surface area contributed by atoms with Crippen LogP contribution in [0.5, 0.6) is 0 Å². The van der Waals surface area contributed by atoms with Gasteiger partial charge in [0.05, 0.1) is 0 Å². The average Bonchev–Trinajstić information content (AvgIpc) is 2.60. The number of piperidine rings is 1. The van der Waals surface area contributed by atoms with E-state index in [4.69, 9.17) is 0 Å². The van der Waals surface area contributed by atoms with Gasteiger partial charge in [-0.3, -0.25) is 14.2 Å². The molecule has 5 heteroatoms. The van der Waals surface area contributed by atoms with Gasteiger partial charge in [-0.05, 0) is 38.6 Å². The monoisotopic (exact) mass is 247 g/mol. The molecule has 0 aromatic carbocycles. The Kier molecular flexibility index (Phi) is 2.35. The highest BCUT2D eigenvalue weighted by atomic mass is 16.2. The number of fused-ring (bicyclic) bond motifs is 2. The molecule has 5 nitrogen and oxygen atoms in total. The van der Waals surface area contributed by atoms with Crippen molar-refractivity contribution < 1.29 is 4.79 Å². The number of hydrogen-bond donors (Lipinski definition) is 2. The van der Waals surface area contributed by atoms with Crippen LogP contribution in [0, 0.1) is 13.8 Å². The fraction of sp³-hybridized carbons (Fsp3) is 0.538. The Balaban J connectivity index is 2.29. The molecule has 1 fully saturated rings. The van der Waals surface area contributed by atoms with Gasteiger partial charge >= 0.3 is 0 Å². The average molecular weight is 247 g/mol. The molecule has 2 aliphatic rings. The molecule has 1 amide bonds. The van der Waals surface area contributed by atoms with Gasteiger partial charge in [0.25, 0.3) is 11.5 Å². The first kappa shape index (κ1) is 11.5. The number of aryl methyl sites for hydroxylation is 2. The van der Waals surface area contributed by atoms with E-state index in [1.165, 1.54) is 0 Å². The predicted molar refractivity (Wildman–Crippen MR) is 67.7 cm³/mol. The van der Waals surface area contributed by atoms with Crippen molar-refractivity contribution >= 4 is 5.91 Å². The lowest BCUT2D eigenvalue weighted by atomic mass is 9.98. The smallest absolute Gasteiger partial charge is 0.270 e. The van der Waals surface area contributed by atoms with Crippen molar-refractivity contribution in [3.05, 3.63) is 33.2 Å². The zero-order valence-corrected chi connectivity index (χ0v) is 10.7. The molecule has 3 heterocycles. The standard InChI is InChI=1S/C13H17N3O2/c1-8-7-9(2)12(18)16-10(8)11(17)15-13(16)3-5-14-6-4-13/h7,14H,3-6H2,1-2H3,(H,15,17). The molecule has 2 N–H and O–H groups in total. The molecule has 0 saturated carbocycles. The van der Waals surface area contributed by atoms with E-state index in [1.807, 2.05) is 6.92 Å². The van der Waals surface area contributed by atoms with E-state index in [0.29, 0.717) is 11.3 Å². The van der Waals surface area contributed by atoms with Gasteiger partial charge in [-0.2, -0.15) is 0 Å². The molecule has 1 spiro atoms. The van der Waals surface area contributed by atoms with Crippen LogP contribution < -0.4 is 16.2 Å². The third kappa shape index (κ3) is 1.37. The summed E-state index contributed by atoms with van der Waals surface area (Å²) in [5.41, 5.74) is 1.56. The third-order valence-corrected chi connectivity index (χ3v) is 3.99. The topological polar surface area (TPSA) is 63.1 Å². The number of carbonyl (C=O) groups excluding carboxylic acids is 1. The number of amides is 1. The molecule has 96 valence electrons. The summed E-state index contributed by atoms with van der Waals surface area (Å²) in [4.78, 5) is 24.5. The van der Waals surface area contributed by atoms with Crippen LogP contribution in [0.2, 0.25) is 0 Å². The first-order valence-electron chi connectivity index (χ1n) is 6.32. The van der Waals surface area contributed by atoms with Gasteiger partial charge in [0, 0.05) is 18.4 Å². The maximum absolute atomic E-state index is 12.4. The highest BCUT2D eigenvalue weighted by Gasteiger charge is 2.44. The predicted octanol–water partition coefficient (Wildman–Crippen LogP) is 0.245. The lowest BCUT2D eigenvalue weighted by molar-refractivity contribution is 0.0886. The van der Waals surface area contributed by atoms with Crippen molar-refractivity contribution in [2.45, 2.75) is 32.4 Å². The fourth-order valence-electron chi connectivity index (χ4n) is 3.11. The molecule has 3 rings (SSSR count). The van der Waals surface area contributed by atoms with Gasteiger partial charge in [-0.1, -0.05) is 0 Å². The van der Waals surface area contributed by atoms with Crippen molar-refractivity contribution in [2.75, 3.05) is 13.1 Å². The summed E-state index contributed by atoms with van der Waals surface area (Å²) in [6, 6.07) is 1.80. The van der Waals surface area contributed by atoms with E-state index in [1.54, 1.807) is 17.6 Å². The van der Waals surface area contributed by atoms with Crippen LogP contribution in [0.3, 0.4) is 0 Å². The molecule has 1 aromatic rings. The molecule has 0 radical (unpaired) electrons. The second kappa shape index (κ2) is 3.68. The second-order valence-corrected chi connectivity index (χ2v) is 5.24. The summed E-state index contributed by atoms with van der Waals surface area (Å²) in [6.07, 6.45) is 1.52. The normalized spacial score (nSPS) is 20.9. The van der Waals surface area contributed by atoms with E-state index >= 15 is 0 Å². The van der Waals surface area contributed by atoms with E-state index in [9.17, 15) is 9.59 Å². The van der Waals surface area contributed by atoms with Crippen molar-refractivity contribution in [2.24, 2.45) is 0 Å². The van der Waals surface area contributed by atoms with Crippen LogP contribution in [0.25, 0.3) is 0 Å². The molecule has 0 atom stereocenters. The van der Waals surface area contributed by atoms with E-state index in [0.717, 1.165) is 31.5 Å². The Morgan fingerprint density at radius 1 is 1.17 bits per heavy atom. The highest BCUT2D eigenvalue weighted by molar-refractivity contribution is 5.96. The first-order chi connectivity index (χ1) is 8.55. The van der Waals surface area contributed by atoms with Crippen LogP contribution >= 0.6 is 0 Å². The quantitative estimate of drug-likeness (QED) is 0.690. The molecule has 0 aliphatic carbocycles. The molecular formula is C13H17N3O2. The maximum atomic E-state index is 12.4. The Hall–Kier alpha value is -1.62. The van der Waals surface area contributed by atoms with Gasteiger partial charge in [0.1, 0.15) is 11.4 Å². The van der Waals surface area contributed by atoms with Gasteiger partial charge in [-0.15, -0.1) is 0 Å². The van der Waals surface area contributed by atoms with Gasteiger partial charge in [0.2, 0.25) is 0 Å². The van der Waals surface area contributed by atoms with Crippen LogP contribution in [-0.4, -0.2) is 23.6 Å². The number of aromatic nitrogens is 1. The summed E-state index contributed by atoms with van der Waals surface area (Å²) in [5, 5.41) is 6.29. The van der Waals surface area contributed by atoms with E-state index in [-0.39, 0.29) is 11.5 Å². The highest BCUT2D eigenvalue weighted by Crippen LogP contribution is 2.31. The Morgan fingerprint density at radius 2 is 1.83 bits per heavy atom. The molecule has 18 heavy (non-hydrogen) atoms.